The van der Waals surface area contributed by atoms with Crippen LogP contribution in [0.4, 0.5) is 5.69 Å². The summed E-state index contributed by atoms with van der Waals surface area (Å²) in [5, 5.41) is 9.38. The van der Waals surface area contributed by atoms with Crippen molar-refractivity contribution in [2.45, 2.75) is 0 Å². The Morgan fingerprint density at radius 3 is 2.95 bits per heavy atom. The Bertz CT molecular complexity index is 789. The third-order valence-corrected chi connectivity index (χ3v) is 3.46. The van der Waals surface area contributed by atoms with Gasteiger partial charge < -0.3 is 10.5 Å². The standard InChI is InChI=1S/C14H9N3OS/c15-8-9-2-1-3-11(6-9)18-14-17-12-5-4-10(16)7-13(12)19-14/h1-7H,16H2. The van der Waals surface area contributed by atoms with E-state index in [4.69, 9.17) is 15.7 Å². The van der Waals surface area contributed by atoms with Gasteiger partial charge in [0, 0.05) is 5.69 Å². The molecule has 0 unspecified atom stereocenters. The molecule has 0 saturated heterocycles. The number of fused-ring (bicyclic) bond motifs is 1. The van der Waals surface area contributed by atoms with Gasteiger partial charge in [0.2, 0.25) is 0 Å². The normalized spacial score (nSPS) is 10.3. The number of nitrogens with two attached hydrogens (primary N) is 1. The molecule has 92 valence electrons. The van der Waals surface area contributed by atoms with Crippen molar-refractivity contribution in [3.05, 3.63) is 48.0 Å². The van der Waals surface area contributed by atoms with E-state index in [0.29, 0.717) is 22.2 Å². The Kier molecular flexibility index (Phi) is 2.78. The highest BCUT2D eigenvalue weighted by Crippen LogP contribution is 2.32. The maximum absolute atomic E-state index is 8.84. The number of hydrogen-bond acceptors (Lipinski definition) is 5. The first kappa shape index (κ1) is 11.5. The third-order valence-electron chi connectivity index (χ3n) is 2.56. The van der Waals surface area contributed by atoms with Crippen molar-refractivity contribution in [3.8, 4) is 17.0 Å². The zero-order valence-electron chi connectivity index (χ0n) is 9.83. The van der Waals surface area contributed by atoms with Gasteiger partial charge in [0.25, 0.3) is 5.19 Å². The van der Waals surface area contributed by atoms with Crippen molar-refractivity contribution in [2.75, 3.05) is 5.73 Å². The summed E-state index contributed by atoms with van der Waals surface area (Å²) in [6.45, 7) is 0. The first-order valence-corrected chi connectivity index (χ1v) is 6.40. The zero-order valence-corrected chi connectivity index (χ0v) is 10.6. The van der Waals surface area contributed by atoms with Gasteiger partial charge in [-0.3, -0.25) is 0 Å². The van der Waals surface area contributed by atoms with E-state index >= 15 is 0 Å². The van der Waals surface area contributed by atoms with E-state index in [1.54, 1.807) is 24.3 Å². The molecule has 0 bridgehead atoms. The second-order valence-corrected chi connectivity index (χ2v) is 4.94. The van der Waals surface area contributed by atoms with E-state index in [9.17, 15) is 0 Å². The SMILES string of the molecule is N#Cc1cccc(Oc2nc3ccc(N)cc3s2)c1. The monoisotopic (exact) mass is 267 g/mol. The van der Waals surface area contributed by atoms with Crippen LogP contribution in [0.3, 0.4) is 0 Å². The number of hydrogen-bond donors (Lipinski definition) is 1. The van der Waals surface area contributed by atoms with Crippen LogP contribution in [0.25, 0.3) is 10.2 Å². The molecule has 5 heteroatoms. The number of aromatic nitrogens is 1. The van der Waals surface area contributed by atoms with Gasteiger partial charge in [0.15, 0.2) is 0 Å². The molecule has 1 aromatic heterocycles. The number of thiazole rings is 1. The molecular weight excluding hydrogens is 258 g/mol. The molecule has 3 aromatic rings. The number of anilines is 1. The average Bonchev–Trinajstić information content (AvgIpc) is 2.80. The Morgan fingerprint density at radius 1 is 1.21 bits per heavy atom. The number of benzene rings is 2. The molecule has 0 aliphatic heterocycles. The lowest BCUT2D eigenvalue weighted by atomic mass is 10.2. The fourth-order valence-electron chi connectivity index (χ4n) is 1.69. The number of nitrogens with zero attached hydrogens (tertiary/aromatic N) is 2. The Labute approximate surface area is 113 Å². The largest absolute Gasteiger partial charge is 0.431 e. The molecule has 0 aliphatic carbocycles. The van der Waals surface area contributed by atoms with Gasteiger partial charge in [-0.1, -0.05) is 17.4 Å². The molecule has 4 nitrogen and oxygen atoms in total. The number of ether oxygens (including phenoxy) is 1. The molecule has 0 saturated carbocycles. The Balaban J connectivity index is 1.94. The number of nitriles is 1. The quantitative estimate of drug-likeness (QED) is 0.721. The van der Waals surface area contributed by atoms with Crippen LogP contribution in [-0.4, -0.2) is 4.98 Å². The predicted molar refractivity (Wildman–Crippen MR) is 75.3 cm³/mol. The van der Waals surface area contributed by atoms with E-state index in [0.717, 1.165) is 10.2 Å². The van der Waals surface area contributed by atoms with Gasteiger partial charge in [-0.05, 0) is 36.4 Å². The maximum Gasteiger partial charge on any atom is 0.279 e. The number of nitrogen functional groups attached to an aromatic ring is 1. The van der Waals surface area contributed by atoms with Crippen molar-refractivity contribution in [1.29, 1.82) is 5.26 Å². The van der Waals surface area contributed by atoms with Crippen LogP contribution in [0.15, 0.2) is 42.5 Å². The number of rotatable bonds is 2. The minimum absolute atomic E-state index is 0.538. The average molecular weight is 267 g/mol. The van der Waals surface area contributed by atoms with Crippen LogP contribution in [0.5, 0.6) is 10.9 Å². The summed E-state index contributed by atoms with van der Waals surface area (Å²) in [5.41, 5.74) is 7.84. The molecule has 0 atom stereocenters. The molecule has 0 amide bonds. The third kappa shape index (κ3) is 2.34. The van der Waals surface area contributed by atoms with Crippen molar-refractivity contribution in [1.82, 2.24) is 4.98 Å². The van der Waals surface area contributed by atoms with Gasteiger partial charge >= 0.3 is 0 Å². The molecule has 2 N–H and O–H groups in total. The lowest BCUT2D eigenvalue weighted by Gasteiger charge is -2.00. The van der Waals surface area contributed by atoms with Crippen molar-refractivity contribution in [2.24, 2.45) is 0 Å². The highest BCUT2D eigenvalue weighted by Gasteiger charge is 2.06. The minimum Gasteiger partial charge on any atom is -0.431 e. The Morgan fingerprint density at radius 2 is 2.11 bits per heavy atom. The van der Waals surface area contributed by atoms with Crippen molar-refractivity contribution < 1.29 is 4.74 Å². The van der Waals surface area contributed by atoms with E-state index < -0.39 is 0 Å². The summed E-state index contributed by atoms with van der Waals surface area (Å²) >= 11 is 1.42. The highest BCUT2D eigenvalue weighted by atomic mass is 32.1. The molecule has 2 aromatic carbocycles. The summed E-state index contributed by atoms with van der Waals surface area (Å²) < 4.78 is 6.64. The summed E-state index contributed by atoms with van der Waals surface area (Å²) in [4.78, 5) is 4.36. The van der Waals surface area contributed by atoms with Gasteiger partial charge in [-0.25, -0.2) is 4.98 Å². The van der Waals surface area contributed by atoms with Crippen LogP contribution < -0.4 is 10.5 Å². The summed E-state index contributed by atoms with van der Waals surface area (Å²) in [6, 6.07) is 14.6. The van der Waals surface area contributed by atoms with Crippen LogP contribution in [0, 0.1) is 11.3 Å². The van der Waals surface area contributed by atoms with Crippen LogP contribution in [-0.2, 0) is 0 Å². The summed E-state index contributed by atoms with van der Waals surface area (Å²) in [6.07, 6.45) is 0. The summed E-state index contributed by atoms with van der Waals surface area (Å²) in [5.74, 6) is 0.603. The Hall–Kier alpha value is -2.58. The maximum atomic E-state index is 8.84. The second kappa shape index (κ2) is 4.59. The lowest BCUT2D eigenvalue weighted by molar-refractivity contribution is 0.480. The summed E-state index contributed by atoms with van der Waals surface area (Å²) in [7, 11) is 0. The zero-order chi connectivity index (χ0) is 13.2. The first-order chi connectivity index (χ1) is 9.24. The molecule has 0 aliphatic rings. The van der Waals surface area contributed by atoms with E-state index in [1.165, 1.54) is 11.3 Å². The molecule has 0 fully saturated rings. The van der Waals surface area contributed by atoms with E-state index in [1.807, 2.05) is 18.2 Å². The fourth-order valence-corrected chi connectivity index (χ4v) is 2.58. The van der Waals surface area contributed by atoms with Crippen LogP contribution >= 0.6 is 11.3 Å². The van der Waals surface area contributed by atoms with Crippen molar-refractivity contribution in [3.63, 3.8) is 0 Å². The molecule has 19 heavy (non-hydrogen) atoms. The highest BCUT2D eigenvalue weighted by molar-refractivity contribution is 7.20. The molecule has 0 radical (unpaired) electrons. The lowest BCUT2D eigenvalue weighted by Crippen LogP contribution is -1.84. The van der Waals surface area contributed by atoms with Gasteiger partial charge in [-0.2, -0.15) is 5.26 Å². The van der Waals surface area contributed by atoms with Gasteiger partial charge in [0.05, 0.1) is 21.8 Å². The molecular formula is C14H9N3OS. The minimum atomic E-state index is 0.538. The second-order valence-electron chi connectivity index (χ2n) is 3.95. The molecule has 1 heterocycles. The van der Waals surface area contributed by atoms with Gasteiger partial charge in [-0.15, -0.1) is 0 Å². The first-order valence-electron chi connectivity index (χ1n) is 5.59. The predicted octanol–water partition coefficient (Wildman–Crippen LogP) is 3.54. The fraction of sp³-hybridized carbons (Fsp3) is 0. The molecule has 3 rings (SSSR count). The van der Waals surface area contributed by atoms with Gasteiger partial charge in [0.1, 0.15) is 5.75 Å². The van der Waals surface area contributed by atoms with Crippen LogP contribution in [0.2, 0.25) is 0 Å². The van der Waals surface area contributed by atoms with E-state index in [2.05, 4.69) is 11.1 Å². The van der Waals surface area contributed by atoms with E-state index in [-0.39, 0.29) is 0 Å². The smallest absolute Gasteiger partial charge is 0.279 e. The van der Waals surface area contributed by atoms with Crippen molar-refractivity contribution >= 4 is 27.2 Å². The van der Waals surface area contributed by atoms with Crippen LogP contribution in [0.1, 0.15) is 5.56 Å². The topological polar surface area (TPSA) is 71.9 Å². The molecule has 0 spiro atoms.